The van der Waals surface area contributed by atoms with Gasteiger partial charge in [-0.05, 0) is 67.1 Å². The van der Waals surface area contributed by atoms with Crippen LogP contribution in [0.2, 0.25) is 0 Å². The monoisotopic (exact) mass is 461 g/mol. The highest BCUT2D eigenvalue weighted by Crippen LogP contribution is 2.42. The molecule has 0 radical (unpaired) electrons. The van der Waals surface area contributed by atoms with E-state index in [0.29, 0.717) is 34.9 Å². The predicted octanol–water partition coefficient (Wildman–Crippen LogP) is 4.48. The fourth-order valence-electron chi connectivity index (χ4n) is 3.78. The molecule has 1 aliphatic rings. The summed E-state index contributed by atoms with van der Waals surface area (Å²) < 4.78 is 15.8. The van der Waals surface area contributed by atoms with E-state index < -0.39 is 23.7 Å². The first-order chi connectivity index (χ1) is 16.5. The molecular weight excluding hydrogens is 438 g/mol. The SMILES string of the molecule is CCCOc1ccc(/C(O)=C2/C(=O)C(=O)N(c3ccc(C(=O)OC)cc3)C2c2ccco2)cc1. The van der Waals surface area contributed by atoms with Crippen molar-refractivity contribution in [3.8, 4) is 5.75 Å². The molecule has 1 saturated heterocycles. The van der Waals surface area contributed by atoms with Gasteiger partial charge in [-0.2, -0.15) is 0 Å². The number of hydrogen-bond acceptors (Lipinski definition) is 7. The van der Waals surface area contributed by atoms with Gasteiger partial charge < -0.3 is 19.0 Å². The van der Waals surface area contributed by atoms with Gasteiger partial charge in [-0.15, -0.1) is 0 Å². The number of esters is 1. The Morgan fingerprint density at radius 1 is 1.03 bits per heavy atom. The molecule has 0 bridgehead atoms. The molecule has 1 aliphatic heterocycles. The van der Waals surface area contributed by atoms with Crippen molar-refractivity contribution in [2.45, 2.75) is 19.4 Å². The Balaban J connectivity index is 1.77. The van der Waals surface area contributed by atoms with Crippen LogP contribution in [0.15, 0.2) is 76.9 Å². The zero-order valence-corrected chi connectivity index (χ0v) is 18.7. The summed E-state index contributed by atoms with van der Waals surface area (Å²) in [6, 6.07) is 15.0. The number of amides is 1. The third kappa shape index (κ3) is 4.17. The first-order valence-corrected chi connectivity index (χ1v) is 10.7. The zero-order chi connectivity index (χ0) is 24.2. The number of carbonyl (C=O) groups is 3. The van der Waals surface area contributed by atoms with Gasteiger partial charge in [-0.3, -0.25) is 14.5 Å². The quantitative estimate of drug-likeness (QED) is 0.239. The predicted molar refractivity (Wildman–Crippen MR) is 124 cm³/mol. The molecule has 1 N–H and O–H groups in total. The van der Waals surface area contributed by atoms with Crippen molar-refractivity contribution in [1.82, 2.24) is 0 Å². The van der Waals surface area contributed by atoms with Crippen LogP contribution in [0, 0.1) is 0 Å². The molecular formula is C26H23NO7. The van der Waals surface area contributed by atoms with Gasteiger partial charge in [0, 0.05) is 11.3 Å². The minimum Gasteiger partial charge on any atom is -0.507 e. The number of aliphatic hydroxyl groups excluding tert-OH is 1. The molecule has 34 heavy (non-hydrogen) atoms. The molecule has 1 fully saturated rings. The Kier molecular flexibility index (Phi) is 6.49. The Morgan fingerprint density at radius 3 is 2.29 bits per heavy atom. The van der Waals surface area contributed by atoms with Crippen LogP contribution in [0.3, 0.4) is 0 Å². The number of hydrogen-bond donors (Lipinski definition) is 1. The number of rotatable bonds is 7. The van der Waals surface area contributed by atoms with Gasteiger partial charge in [0.15, 0.2) is 0 Å². The van der Waals surface area contributed by atoms with Crippen molar-refractivity contribution in [3.05, 3.63) is 89.4 Å². The van der Waals surface area contributed by atoms with Gasteiger partial charge in [-0.1, -0.05) is 6.92 Å². The lowest BCUT2D eigenvalue weighted by Crippen LogP contribution is -2.29. The summed E-state index contributed by atoms with van der Waals surface area (Å²) in [6.07, 6.45) is 2.28. The molecule has 2 aromatic carbocycles. The first kappa shape index (κ1) is 22.8. The smallest absolute Gasteiger partial charge is 0.337 e. The van der Waals surface area contributed by atoms with Gasteiger partial charge >= 0.3 is 5.97 Å². The number of carbonyl (C=O) groups excluding carboxylic acids is 3. The van der Waals surface area contributed by atoms with E-state index in [9.17, 15) is 19.5 Å². The average molecular weight is 461 g/mol. The van der Waals surface area contributed by atoms with E-state index in [1.165, 1.54) is 42.5 Å². The maximum Gasteiger partial charge on any atom is 0.337 e. The number of nitrogens with zero attached hydrogens (tertiary/aromatic N) is 1. The minimum absolute atomic E-state index is 0.0979. The number of anilines is 1. The van der Waals surface area contributed by atoms with Gasteiger partial charge in [0.1, 0.15) is 23.3 Å². The van der Waals surface area contributed by atoms with E-state index in [0.717, 1.165) is 6.42 Å². The second-order valence-corrected chi connectivity index (χ2v) is 7.60. The number of ether oxygens (including phenoxy) is 2. The van der Waals surface area contributed by atoms with Crippen molar-refractivity contribution in [1.29, 1.82) is 0 Å². The number of aliphatic hydroxyl groups is 1. The lowest BCUT2D eigenvalue weighted by molar-refractivity contribution is -0.132. The number of methoxy groups -OCH3 is 1. The molecule has 0 spiro atoms. The van der Waals surface area contributed by atoms with Crippen molar-refractivity contribution in [3.63, 3.8) is 0 Å². The van der Waals surface area contributed by atoms with Crippen LogP contribution < -0.4 is 9.64 Å². The first-order valence-electron chi connectivity index (χ1n) is 10.7. The lowest BCUT2D eigenvalue weighted by atomic mass is 9.99. The van der Waals surface area contributed by atoms with Crippen LogP contribution in [0.5, 0.6) is 5.75 Å². The standard InChI is InChI=1S/C26H23NO7/c1-3-14-33-19-12-8-16(9-13-19)23(28)21-22(20-5-4-15-34-20)27(25(30)24(21)29)18-10-6-17(7-11-18)26(31)32-2/h4-13,15,22,28H,3,14H2,1-2H3/b23-21-. The number of furan rings is 1. The molecule has 8 nitrogen and oxygen atoms in total. The van der Waals surface area contributed by atoms with Crippen LogP contribution >= 0.6 is 0 Å². The van der Waals surface area contributed by atoms with Crippen LogP contribution in [0.4, 0.5) is 5.69 Å². The molecule has 1 unspecified atom stereocenters. The number of Topliss-reactive ketones (excluding diaryl/α,β-unsaturated/α-hetero) is 1. The maximum atomic E-state index is 13.1. The van der Waals surface area contributed by atoms with Gasteiger partial charge in [0.2, 0.25) is 0 Å². The summed E-state index contributed by atoms with van der Waals surface area (Å²) in [6.45, 7) is 2.56. The summed E-state index contributed by atoms with van der Waals surface area (Å²) in [5.74, 6) is -1.58. The number of ketones is 1. The fourth-order valence-corrected chi connectivity index (χ4v) is 3.78. The summed E-state index contributed by atoms with van der Waals surface area (Å²) in [5.41, 5.74) is 0.917. The molecule has 0 saturated carbocycles. The van der Waals surface area contributed by atoms with Crippen molar-refractivity contribution >= 4 is 29.1 Å². The molecule has 1 aromatic heterocycles. The van der Waals surface area contributed by atoms with Crippen molar-refractivity contribution < 1.29 is 33.4 Å². The molecule has 8 heteroatoms. The normalized spacial score (nSPS) is 17.1. The van der Waals surface area contributed by atoms with E-state index in [1.807, 2.05) is 6.92 Å². The molecule has 3 aromatic rings. The van der Waals surface area contributed by atoms with Crippen LogP contribution in [0.1, 0.15) is 41.1 Å². The lowest BCUT2D eigenvalue weighted by Gasteiger charge is -2.23. The topological polar surface area (TPSA) is 106 Å². The molecule has 0 aliphatic carbocycles. The van der Waals surface area contributed by atoms with Gasteiger partial charge in [0.05, 0.1) is 31.1 Å². The van der Waals surface area contributed by atoms with Crippen LogP contribution in [-0.4, -0.2) is 36.5 Å². The minimum atomic E-state index is -0.991. The van der Waals surface area contributed by atoms with Crippen LogP contribution in [-0.2, 0) is 14.3 Å². The molecule has 2 heterocycles. The van der Waals surface area contributed by atoms with E-state index in [1.54, 1.807) is 36.4 Å². The van der Waals surface area contributed by atoms with E-state index in [4.69, 9.17) is 13.9 Å². The summed E-state index contributed by atoms with van der Waals surface area (Å²) in [5, 5.41) is 11.1. The Bertz CT molecular complexity index is 1230. The Morgan fingerprint density at radius 2 is 1.71 bits per heavy atom. The molecule has 4 rings (SSSR count). The van der Waals surface area contributed by atoms with Gasteiger partial charge in [-0.25, -0.2) is 4.79 Å². The summed E-state index contributed by atoms with van der Waals surface area (Å²) >= 11 is 0. The summed E-state index contributed by atoms with van der Waals surface area (Å²) in [7, 11) is 1.27. The highest BCUT2D eigenvalue weighted by molar-refractivity contribution is 6.51. The second kappa shape index (κ2) is 9.66. The van der Waals surface area contributed by atoms with E-state index >= 15 is 0 Å². The van der Waals surface area contributed by atoms with Crippen molar-refractivity contribution in [2.75, 3.05) is 18.6 Å². The van der Waals surface area contributed by atoms with Gasteiger partial charge in [0.25, 0.3) is 11.7 Å². The average Bonchev–Trinajstić information content (AvgIpc) is 3.49. The van der Waals surface area contributed by atoms with Crippen molar-refractivity contribution in [2.24, 2.45) is 0 Å². The van der Waals surface area contributed by atoms with Crippen LogP contribution in [0.25, 0.3) is 5.76 Å². The van der Waals surface area contributed by atoms with E-state index in [-0.39, 0.29) is 11.3 Å². The molecule has 174 valence electrons. The Hall–Kier alpha value is -4.33. The summed E-state index contributed by atoms with van der Waals surface area (Å²) in [4.78, 5) is 39.2. The highest BCUT2D eigenvalue weighted by atomic mass is 16.5. The molecule has 1 atom stereocenters. The Labute approximate surface area is 196 Å². The third-order valence-corrected chi connectivity index (χ3v) is 5.42. The van der Waals surface area contributed by atoms with E-state index in [2.05, 4.69) is 0 Å². The third-order valence-electron chi connectivity index (χ3n) is 5.42. The number of benzene rings is 2. The maximum absolute atomic E-state index is 13.1. The highest BCUT2D eigenvalue weighted by Gasteiger charge is 2.48. The molecule has 1 amide bonds. The zero-order valence-electron chi connectivity index (χ0n) is 18.7. The largest absolute Gasteiger partial charge is 0.507 e. The fraction of sp³-hybridized carbons (Fsp3) is 0.192. The second-order valence-electron chi connectivity index (χ2n) is 7.60.